The molecule has 3 aliphatic rings. The molecule has 0 aliphatic heterocycles. The van der Waals surface area contributed by atoms with E-state index in [0.29, 0.717) is 11.5 Å². The molecule has 0 N–H and O–H groups in total. The van der Waals surface area contributed by atoms with E-state index in [1.807, 2.05) is 18.2 Å². The van der Waals surface area contributed by atoms with Crippen molar-refractivity contribution in [2.45, 2.75) is 19.3 Å². The molecule has 0 bridgehead atoms. The van der Waals surface area contributed by atoms with E-state index in [2.05, 4.69) is 164 Å². The highest BCUT2D eigenvalue weighted by Crippen LogP contribution is 2.59. The average molecular weight is 676 g/mol. The van der Waals surface area contributed by atoms with E-state index in [4.69, 9.17) is 4.98 Å². The molecule has 3 heteroatoms. The molecule has 0 saturated carbocycles. The largest absolute Gasteiger partial charge is 0.309 e. The van der Waals surface area contributed by atoms with Gasteiger partial charge in [-0.15, -0.1) is 0 Å². The van der Waals surface area contributed by atoms with Crippen LogP contribution in [0.15, 0.2) is 169 Å². The van der Waals surface area contributed by atoms with E-state index in [0.717, 1.165) is 55.6 Å². The Kier molecular flexibility index (Phi) is 6.14. The van der Waals surface area contributed by atoms with Gasteiger partial charge in [0.15, 0.2) is 0 Å². The fraction of sp³-hybridized carbons (Fsp3) is 0.0800. The van der Waals surface area contributed by atoms with Crippen LogP contribution in [0.5, 0.6) is 0 Å². The van der Waals surface area contributed by atoms with Crippen LogP contribution in [0.4, 0.5) is 0 Å². The first-order valence-corrected chi connectivity index (χ1v) is 18.3. The van der Waals surface area contributed by atoms with Gasteiger partial charge in [-0.2, -0.15) is 5.26 Å². The fourth-order valence-corrected chi connectivity index (χ4v) is 9.22. The molecule has 53 heavy (non-hydrogen) atoms. The third-order valence-electron chi connectivity index (χ3n) is 11.7. The minimum absolute atomic E-state index is 0.0488. The SMILES string of the molecule is CC1(C)C2=C(C=CC3=C[C@@H]32)c2c1ccc1c2c2ccccc2n1-c1cc(-c2cccc(C#N)c2)cc(-c2cc(-c3ccccc3)c3ccccc3n2)c1. The number of benzene rings is 6. The zero-order chi connectivity index (χ0) is 35.4. The van der Waals surface area contributed by atoms with Gasteiger partial charge >= 0.3 is 0 Å². The monoisotopic (exact) mass is 675 g/mol. The highest BCUT2D eigenvalue weighted by molar-refractivity contribution is 6.17. The van der Waals surface area contributed by atoms with E-state index in [9.17, 15) is 5.26 Å². The molecule has 6 aromatic carbocycles. The van der Waals surface area contributed by atoms with Gasteiger partial charge in [0.2, 0.25) is 0 Å². The summed E-state index contributed by atoms with van der Waals surface area (Å²) >= 11 is 0. The molecular formula is C50H33N3. The smallest absolute Gasteiger partial charge is 0.0991 e. The predicted molar refractivity (Wildman–Crippen MR) is 218 cm³/mol. The van der Waals surface area contributed by atoms with Crippen molar-refractivity contribution in [2.24, 2.45) is 5.92 Å². The highest BCUT2D eigenvalue weighted by atomic mass is 15.0. The second-order valence-corrected chi connectivity index (χ2v) is 15.1. The number of hydrogen-bond acceptors (Lipinski definition) is 2. The van der Waals surface area contributed by atoms with Crippen LogP contribution in [0.2, 0.25) is 0 Å². The Morgan fingerprint density at radius 3 is 2.30 bits per heavy atom. The summed E-state index contributed by atoms with van der Waals surface area (Å²) in [5, 5.41) is 13.5. The normalized spacial score (nSPS) is 16.4. The van der Waals surface area contributed by atoms with Crippen molar-refractivity contribution in [1.82, 2.24) is 9.55 Å². The Bertz CT molecular complexity index is 3030. The fourth-order valence-electron chi connectivity index (χ4n) is 9.22. The van der Waals surface area contributed by atoms with E-state index in [1.54, 1.807) is 0 Å². The number of pyridine rings is 1. The lowest BCUT2D eigenvalue weighted by Gasteiger charge is -2.26. The zero-order valence-electron chi connectivity index (χ0n) is 29.4. The maximum Gasteiger partial charge on any atom is 0.0991 e. The van der Waals surface area contributed by atoms with E-state index in [-0.39, 0.29) is 5.41 Å². The third-order valence-corrected chi connectivity index (χ3v) is 11.7. The predicted octanol–water partition coefficient (Wildman–Crippen LogP) is 12.4. The molecular weight excluding hydrogens is 643 g/mol. The molecule has 2 aromatic heterocycles. The number of fused-ring (bicyclic) bond motifs is 9. The zero-order valence-corrected chi connectivity index (χ0v) is 29.4. The molecule has 0 fully saturated rings. The molecule has 248 valence electrons. The van der Waals surface area contributed by atoms with Gasteiger partial charge in [-0.1, -0.05) is 117 Å². The summed E-state index contributed by atoms with van der Waals surface area (Å²) in [6, 6.07) is 51.8. The van der Waals surface area contributed by atoms with Crippen molar-refractivity contribution in [3.8, 4) is 45.3 Å². The summed E-state index contributed by atoms with van der Waals surface area (Å²) in [5.41, 5.74) is 18.3. The number of nitriles is 1. The molecule has 3 nitrogen and oxygen atoms in total. The van der Waals surface area contributed by atoms with E-state index >= 15 is 0 Å². The molecule has 0 spiro atoms. The van der Waals surface area contributed by atoms with Crippen molar-refractivity contribution < 1.29 is 0 Å². The Morgan fingerprint density at radius 2 is 1.43 bits per heavy atom. The number of aromatic nitrogens is 2. The second kappa shape index (κ2) is 10.9. The quantitative estimate of drug-likeness (QED) is 0.186. The molecule has 11 rings (SSSR count). The van der Waals surface area contributed by atoms with Gasteiger partial charge in [-0.25, -0.2) is 4.98 Å². The number of nitrogens with zero attached hydrogens (tertiary/aromatic N) is 3. The van der Waals surface area contributed by atoms with Crippen LogP contribution in [-0.2, 0) is 5.41 Å². The van der Waals surface area contributed by atoms with Crippen molar-refractivity contribution in [3.63, 3.8) is 0 Å². The number of allylic oxidation sites excluding steroid dienone is 6. The first-order chi connectivity index (χ1) is 26.0. The Balaban J connectivity index is 1.21. The van der Waals surface area contributed by atoms with E-state index < -0.39 is 0 Å². The number of rotatable bonds is 4. The molecule has 3 aliphatic carbocycles. The molecule has 0 unspecified atom stereocenters. The lowest BCUT2D eigenvalue weighted by atomic mass is 9.77. The summed E-state index contributed by atoms with van der Waals surface area (Å²) in [6.45, 7) is 4.79. The third kappa shape index (κ3) is 4.36. The minimum Gasteiger partial charge on any atom is -0.309 e. The molecule has 2 heterocycles. The van der Waals surface area contributed by atoms with Gasteiger partial charge in [0, 0.05) is 38.7 Å². The standard InChI is InChI=1S/C50H33N3/c1-50(2)42-21-22-46-48(47(42)39-20-19-33-27-41(33)49(39)50)38-16-7-9-18-45(38)53(46)36-25-34(32-14-10-11-30(23-32)29-51)24-35(26-36)44-28-40(31-12-4-3-5-13-31)37-15-6-8-17-43(37)52-44/h3-28,41H,1-2H3/t41-/m0/s1. The lowest BCUT2D eigenvalue weighted by molar-refractivity contribution is 0.608. The highest BCUT2D eigenvalue weighted by Gasteiger charge is 2.46. The van der Waals surface area contributed by atoms with E-state index in [1.165, 1.54) is 44.1 Å². The van der Waals surface area contributed by atoms with Crippen molar-refractivity contribution in [3.05, 3.63) is 186 Å². The molecule has 8 aromatic rings. The topological polar surface area (TPSA) is 41.6 Å². The summed E-state index contributed by atoms with van der Waals surface area (Å²) in [6.07, 6.45) is 7.09. The maximum absolute atomic E-state index is 9.86. The minimum atomic E-state index is -0.0488. The van der Waals surface area contributed by atoms with Gasteiger partial charge in [0.25, 0.3) is 0 Å². The van der Waals surface area contributed by atoms with Crippen LogP contribution in [0.3, 0.4) is 0 Å². The Morgan fingerprint density at radius 1 is 0.660 bits per heavy atom. The average Bonchev–Trinajstić information content (AvgIpc) is 3.86. The van der Waals surface area contributed by atoms with Crippen LogP contribution in [0, 0.1) is 17.2 Å². The number of para-hydroxylation sites is 2. The van der Waals surface area contributed by atoms with Crippen LogP contribution in [0.1, 0.15) is 30.5 Å². The molecule has 1 atom stereocenters. The van der Waals surface area contributed by atoms with Crippen molar-refractivity contribution in [1.29, 1.82) is 5.26 Å². The number of hydrogen-bond donors (Lipinski definition) is 0. The van der Waals surface area contributed by atoms with Gasteiger partial charge < -0.3 is 4.57 Å². The lowest BCUT2D eigenvalue weighted by Crippen LogP contribution is -2.19. The van der Waals surface area contributed by atoms with Gasteiger partial charge in [-0.3, -0.25) is 0 Å². The van der Waals surface area contributed by atoms with Crippen LogP contribution >= 0.6 is 0 Å². The first kappa shape index (κ1) is 29.9. The first-order valence-electron chi connectivity index (χ1n) is 18.3. The summed E-state index contributed by atoms with van der Waals surface area (Å²) in [5.74, 6) is 0.458. The van der Waals surface area contributed by atoms with Crippen LogP contribution < -0.4 is 0 Å². The summed E-state index contributed by atoms with van der Waals surface area (Å²) < 4.78 is 2.43. The van der Waals surface area contributed by atoms with Crippen molar-refractivity contribution in [2.75, 3.05) is 0 Å². The molecule has 0 amide bonds. The van der Waals surface area contributed by atoms with Gasteiger partial charge in [0.05, 0.1) is 33.9 Å². The Labute approximate surface area is 308 Å². The maximum atomic E-state index is 9.86. The van der Waals surface area contributed by atoms with Crippen LogP contribution in [-0.4, -0.2) is 9.55 Å². The Hall–Kier alpha value is -6.76. The van der Waals surface area contributed by atoms with Gasteiger partial charge in [0.1, 0.15) is 0 Å². The second-order valence-electron chi connectivity index (χ2n) is 15.1. The van der Waals surface area contributed by atoms with Crippen LogP contribution in [0.25, 0.3) is 77.5 Å². The van der Waals surface area contributed by atoms with Crippen molar-refractivity contribution >= 4 is 38.3 Å². The summed E-state index contributed by atoms with van der Waals surface area (Å²) in [4.78, 5) is 5.29. The molecule has 0 radical (unpaired) electrons. The van der Waals surface area contributed by atoms with Gasteiger partial charge in [-0.05, 0) is 105 Å². The summed E-state index contributed by atoms with van der Waals surface area (Å²) in [7, 11) is 0. The molecule has 0 saturated heterocycles.